The molecule has 2 fully saturated rings. The zero-order valence-electron chi connectivity index (χ0n) is 25.5. The number of alkyl halides is 3. The number of rotatable bonds is 10. The van der Waals surface area contributed by atoms with Gasteiger partial charge in [0, 0.05) is 0 Å². The second-order valence-electron chi connectivity index (χ2n) is 13.5. The van der Waals surface area contributed by atoms with Crippen molar-refractivity contribution in [1.29, 1.82) is 0 Å². The molecule has 0 bridgehead atoms. The van der Waals surface area contributed by atoms with Gasteiger partial charge in [-0.25, -0.2) is 0 Å². The SMILES string of the molecule is CC1(C)C[C@H]([Ge]([CH3])([CH3])[CH3])CN1c1nc(-n2ccc(OCCC3(C(F)(F)F)CC3)n2)ccc1C(=O)NS(=O)(=O)c1ccccc1. The van der Waals surface area contributed by atoms with Gasteiger partial charge in [0.25, 0.3) is 0 Å². The minimum atomic E-state index is -4.25. The van der Waals surface area contributed by atoms with E-state index in [9.17, 15) is 26.4 Å². The van der Waals surface area contributed by atoms with Crippen molar-refractivity contribution in [3.8, 4) is 11.7 Å². The molecule has 238 valence electrons. The molecule has 0 radical (unpaired) electrons. The van der Waals surface area contributed by atoms with Crippen LogP contribution in [0, 0.1) is 5.41 Å². The number of sulfonamides is 1. The van der Waals surface area contributed by atoms with E-state index in [4.69, 9.17) is 9.72 Å². The Hall–Kier alpha value is -3.07. The fourth-order valence-corrected chi connectivity index (χ4v) is 10.5. The molecule has 9 nitrogen and oxygen atoms in total. The summed E-state index contributed by atoms with van der Waals surface area (Å²) in [5.41, 5.74) is -1.92. The van der Waals surface area contributed by atoms with Crippen molar-refractivity contribution in [2.24, 2.45) is 5.41 Å². The van der Waals surface area contributed by atoms with Crippen molar-refractivity contribution in [1.82, 2.24) is 19.5 Å². The number of ether oxygens (including phenoxy) is 1. The number of nitrogens with zero attached hydrogens (tertiary/aromatic N) is 4. The standard InChI is InChI=1S/C30H38F3GeN5O4S/c1-28(2)19-21(34(3,4)5)20-38(28)26-23(27(40)37-44(41,42)22-9-7-6-8-10-22)11-12-24(35-26)39-17-13-25(36-39)43-18-16-29(14-15-29)30(31,32)33/h6-13,17,21H,14-16,18-20H2,1-5H3,(H,37,40)/t21-/m0/s1. The van der Waals surface area contributed by atoms with Crippen LogP contribution in [0.1, 0.15) is 49.9 Å². The summed E-state index contributed by atoms with van der Waals surface area (Å²) in [5.74, 6) is 7.08. The van der Waals surface area contributed by atoms with Crippen molar-refractivity contribution in [3.63, 3.8) is 0 Å². The van der Waals surface area contributed by atoms with Gasteiger partial charge in [0.1, 0.15) is 0 Å². The number of nitrogens with one attached hydrogen (secondary N) is 1. The van der Waals surface area contributed by atoms with E-state index >= 15 is 0 Å². The molecule has 1 aromatic carbocycles. The van der Waals surface area contributed by atoms with Gasteiger partial charge < -0.3 is 0 Å². The van der Waals surface area contributed by atoms with Crippen LogP contribution in [0.4, 0.5) is 19.0 Å². The molecule has 2 aliphatic rings. The molecule has 1 saturated carbocycles. The first-order valence-electron chi connectivity index (χ1n) is 14.6. The second-order valence-corrected chi connectivity index (χ2v) is 26.8. The molecule has 1 aliphatic heterocycles. The van der Waals surface area contributed by atoms with Gasteiger partial charge in [0.15, 0.2) is 0 Å². The third-order valence-electron chi connectivity index (χ3n) is 8.83. The Morgan fingerprint density at radius 2 is 1.77 bits per heavy atom. The molecule has 3 aromatic rings. The van der Waals surface area contributed by atoms with E-state index < -0.39 is 40.8 Å². The fraction of sp³-hybridized carbons (Fsp3) is 0.500. The average molecular weight is 694 g/mol. The number of carbonyl (C=O) groups is 1. The summed E-state index contributed by atoms with van der Waals surface area (Å²) in [6, 6.07) is 12.3. The topological polar surface area (TPSA) is 106 Å². The third kappa shape index (κ3) is 6.63. The fourth-order valence-electron chi connectivity index (χ4n) is 5.67. The number of halogens is 3. The number of hydrogen-bond acceptors (Lipinski definition) is 7. The second kappa shape index (κ2) is 11.4. The molecular weight excluding hydrogens is 656 g/mol. The molecule has 5 rings (SSSR count). The summed E-state index contributed by atoms with van der Waals surface area (Å²) in [6.45, 7) is 4.73. The van der Waals surface area contributed by atoms with Gasteiger partial charge in [-0.3, -0.25) is 0 Å². The number of benzene rings is 1. The summed E-state index contributed by atoms with van der Waals surface area (Å²) in [6.07, 6.45) is -1.67. The Morgan fingerprint density at radius 1 is 1.09 bits per heavy atom. The van der Waals surface area contributed by atoms with Gasteiger partial charge in [-0.15, -0.1) is 0 Å². The van der Waals surface area contributed by atoms with Crippen LogP contribution in [0.3, 0.4) is 0 Å². The summed E-state index contributed by atoms with van der Waals surface area (Å²) in [4.78, 5) is 20.4. The summed E-state index contributed by atoms with van der Waals surface area (Å²) < 4.78 is 75.5. The maximum absolute atomic E-state index is 13.6. The zero-order chi connectivity index (χ0) is 32.1. The zero-order valence-corrected chi connectivity index (χ0v) is 28.4. The quantitative estimate of drug-likeness (QED) is 0.252. The third-order valence-corrected chi connectivity index (χ3v) is 16.1. The molecule has 14 heteroatoms. The first-order valence-corrected chi connectivity index (χ1v) is 23.6. The minimum absolute atomic E-state index is 0.0335. The summed E-state index contributed by atoms with van der Waals surface area (Å²) in [5, 5.41) is 4.36. The molecule has 0 spiro atoms. The van der Waals surface area contributed by atoms with Crippen LogP contribution in [0.25, 0.3) is 5.82 Å². The van der Waals surface area contributed by atoms with Gasteiger partial charge in [-0.1, -0.05) is 0 Å². The Morgan fingerprint density at radius 3 is 2.36 bits per heavy atom. The molecule has 1 aliphatic carbocycles. The van der Waals surface area contributed by atoms with Crippen molar-refractivity contribution in [2.45, 2.75) is 78.2 Å². The van der Waals surface area contributed by atoms with Crippen molar-refractivity contribution >= 4 is 35.0 Å². The van der Waals surface area contributed by atoms with Gasteiger partial charge in [0.05, 0.1) is 5.41 Å². The molecule has 1 amide bonds. The Bertz CT molecular complexity index is 1630. The van der Waals surface area contributed by atoms with Crippen molar-refractivity contribution in [3.05, 3.63) is 60.3 Å². The number of anilines is 1. The van der Waals surface area contributed by atoms with Gasteiger partial charge >= 0.3 is 228 Å². The van der Waals surface area contributed by atoms with Crippen molar-refractivity contribution in [2.75, 3.05) is 18.1 Å². The molecular formula is C30H38F3GeN5O4S. The van der Waals surface area contributed by atoms with Crippen LogP contribution < -0.4 is 14.4 Å². The van der Waals surface area contributed by atoms with E-state index in [2.05, 4.69) is 45.8 Å². The Labute approximate surface area is 258 Å². The molecule has 1 atom stereocenters. The van der Waals surface area contributed by atoms with Crippen LogP contribution in [0.15, 0.2) is 59.6 Å². The van der Waals surface area contributed by atoms with Crippen LogP contribution >= 0.6 is 0 Å². The molecule has 0 unspecified atom stereocenters. The number of carbonyl (C=O) groups excluding carboxylic acids is 1. The Balaban J connectivity index is 1.44. The molecule has 1 saturated heterocycles. The van der Waals surface area contributed by atoms with Gasteiger partial charge in [-0.2, -0.15) is 13.2 Å². The number of pyridine rings is 1. The van der Waals surface area contributed by atoms with E-state index in [-0.39, 0.29) is 47.7 Å². The van der Waals surface area contributed by atoms with Crippen LogP contribution in [0.2, 0.25) is 22.0 Å². The van der Waals surface area contributed by atoms with E-state index in [0.717, 1.165) is 6.42 Å². The van der Waals surface area contributed by atoms with Crippen molar-refractivity contribution < 1.29 is 31.1 Å². The number of hydrogen-bond donors (Lipinski definition) is 1. The normalized spacial score (nSPS) is 19.5. The Kier molecular flexibility index (Phi) is 8.36. The van der Waals surface area contributed by atoms with Gasteiger partial charge in [0.2, 0.25) is 0 Å². The van der Waals surface area contributed by atoms with E-state index in [1.807, 2.05) is 0 Å². The average Bonchev–Trinajstić information content (AvgIpc) is 3.46. The number of aromatic nitrogens is 3. The van der Waals surface area contributed by atoms with E-state index in [0.29, 0.717) is 22.9 Å². The number of amides is 1. The van der Waals surface area contributed by atoms with Crippen LogP contribution in [-0.2, 0) is 10.0 Å². The van der Waals surface area contributed by atoms with Crippen LogP contribution in [-0.4, -0.2) is 67.2 Å². The monoisotopic (exact) mass is 695 g/mol. The van der Waals surface area contributed by atoms with E-state index in [1.165, 1.54) is 22.9 Å². The predicted molar refractivity (Wildman–Crippen MR) is 163 cm³/mol. The molecule has 2 aromatic heterocycles. The summed E-state index contributed by atoms with van der Waals surface area (Å²) in [7, 11) is -4.14. The van der Waals surface area contributed by atoms with E-state index in [1.54, 1.807) is 36.5 Å². The van der Waals surface area contributed by atoms with Gasteiger partial charge in [-0.05, 0) is 12.8 Å². The maximum atomic E-state index is 13.6. The summed E-state index contributed by atoms with van der Waals surface area (Å²) >= 11 is -2.14. The molecule has 3 heterocycles. The predicted octanol–water partition coefficient (Wildman–Crippen LogP) is 6.19. The first kappa shape index (κ1) is 32.3. The van der Waals surface area contributed by atoms with Crippen LogP contribution in [0.5, 0.6) is 5.88 Å². The molecule has 1 N–H and O–H groups in total. The molecule has 44 heavy (non-hydrogen) atoms. The first-order chi connectivity index (χ1) is 20.4.